The van der Waals surface area contributed by atoms with Crippen molar-refractivity contribution in [3.8, 4) is 22.8 Å². The molecule has 0 spiro atoms. The second-order valence-corrected chi connectivity index (χ2v) is 7.10. The standard InChI is InChI=1S/C22H22N2O5S/c1-4-28-18-11-10-16(12-19(18)27-3)21(26)29-14(2)20(25)24-22-23-17(13-30-22)15-8-6-5-7-9-15/h5-14H,4H2,1-3H3,(H,23,24,25). The molecule has 1 unspecified atom stereocenters. The van der Waals surface area contributed by atoms with Crippen LogP contribution >= 0.6 is 11.3 Å². The number of rotatable bonds is 8. The zero-order valence-corrected chi connectivity index (χ0v) is 17.7. The van der Waals surface area contributed by atoms with Gasteiger partial charge in [0, 0.05) is 10.9 Å². The summed E-state index contributed by atoms with van der Waals surface area (Å²) in [6.07, 6.45) is -1.00. The van der Waals surface area contributed by atoms with Crippen LogP contribution in [0.5, 0.6) is 11.5 Å². The highest BCUT2D eigenvalue weighted by Crippen LogP contribution is 2.28. The Bertz CT molecular complexity index is 1020. The predicted molar refractivity (Wildman–Crippen MR) is 115 cm³/mol. The fourth-order valence-electron chi connectivity index (χ4n) is 2.63. The van der Waals surface area contributed by atoms with Crippen LogP contribution in [0.1, 0.15) is 24.2 Å². The van der Waals surface area contributed by atoms with Crippen molar-refractivity contribution in [1.29, 1.82) is 0 Å². The summed E-state index contributed by atoms with van der Waals surface area (Å²) in [7, 11) is 1.49. The van der Waals surface area contributed by atoms with Crippen LogP contribution in [0.15, 0.2) is 53.9 Å². The molecule has 0 aliphatic rings. The maximum Gasteiger partial charge on any atom is 0.339 e. The summed E-state index contributed by atoms with van der Waals surface area (Å²) >= 11 is 1.30. The molecule has 156 valence electrons. The number of nitrogens with one attached hydrogen (secondary N) is 1. The van der Waals surface area contributed by atoms with Gasteiger partial charge in [-0.1, -0.05) is 30.3 Å². The summed E-state index contributed by atoms with van der Waals surface area (Å²) < 4.78 is 16.0. The average Bonchev–Trinajstić information content (AvgIpc) is 3.23. The van der Waals surface area contributed by atoms with Crippen LogP contribution < -0.4 is 14.8 Å². The third-order valence-corrected chi connectivity index (χ3v) is 4.91. The van der Waals surface area contributed by atoms with Crippen LogP contribution in [0, 0.1) is 0 Å². The number of aromatic nitrogens is 1. The van der Waals surface area contributed by atoms with E-state index in [4.69, 9.17) is 14.2 Å². The second-order valence-electron chi connectivity index (χ2n) is 6.24. The number of thiazole rings is 1. The van der Waals surface area contributed by atoms with E-state index < -0.39 is 18.0 Å². The van der Waals surface area contributed by atoms with Gasteiger partial charge in [-0.15, -0.1) is 11.3 Å². The maximum atomic E-state index is 12.4. The zero-order chi connectivity index (χ0) is 21.5. The minimum absolute atomic E-state index is 0.260. The third-order valence-electron chi connectivity index (χ3n) is 4.16. The first kappa shape index (κ1) is 21.3. The molecular weight excluding hydrogens is 404 g/mol. The molecule has 3 aromatic rings. The van der Waals surface area contributed by atoms with Gasteiger partial charge in [0.2, 0.25) is 0 Å². The van der Waals surface area contributed by atoms with Gasteiger partial charge in [-0.25, -0.2) is 9.78 Å². The van der Waals surface area contributed by atoms with Crippen molar-refractivity contribution >= 4 is 28.3 Å². The van der Waals surface area contributed by atoms with Gasteiger partial charge in [0.05, 0.1) is 25.0 Å². The Morgan fingerprint density at radius 1 is 1.13 bits per heavy atom. The molecule has 3 rings (SSSR count). The Hall–Kier alpha value is -3.39. The minimum atomic E-state index is -1.00. The number of nitrogens with zero attached hydrogens (tertiary/aromatic N) is 1. The lowest BCUT2D eigenvalue weighted by Gasteiger charge is -2.14. The van der Waals surface area contributed by atoms with Crippen molar-refractivity contribution in [2.45, 2.75) is 20.0 Å². The number of ether oxygens (including phenoxy) is 3. The Labute approximate surface area is 178 Å². The Morgan fingerprint density at radius 3 is 2.60 bits per heavy atom. The van der Waals surface area contributed by atoms with E-state index in [9.17, 15) is 9.59 Å². The predicted octanol–water partition coefficient (Wildman–Crippen LogP) is 4.40. The average molecular weight is 426 g/mol. The Kier molecular flexibility index (Phi) is 7.03. The first-order chi connectivity index (χ1) is 14.5. The number of anilines is 1. The number of amides is 1. The highest BCUT2D eigenvalue weighted by molar-refractivity contribution is 7.14. The number of benzene rings is 2. The largest absolute Gasteiger partial charge is 0.493 e. The quantitative estimate of drug-likeness (QED) is 0.537. The first-order valence-electron chi connectivity index (χ1n) is 9.35. The lowest BCUT2D eigenvalue weighted by Crippen LogP contribution is -2.30. The van der Waals surface area contributed by atoms with Gasteiger partial charge in [-0.05, 0) is 32.0 Å². The normalized spacial score (nSPS) is 11.4. The topological polar surface area (TPSA) is 86.8 Å². The van der Waals surface area contributed by atoms with Crippen LogP contribution in [0.2, 0.25) is 0 Å². The summed E-state index contributed by atoms with van der Waals surface area (Å²) in [5.74, 6) is -0.154. The molecule has 1 amide bonds. The fourth-order valence-corrected chi connectivity index (χ4v) is 3.35. The van der Waals surface area contributed by atoms with E-state index in [0.717, 1.165) is 11.3 Å². The number of hydrogen-bond acceptors (Lipinski definition) is 7. The molecule has 0 saturated carbocycles. The molecule has 0 radical (unpaired) electrons. The third kappa shape index (κ3) is 5.15. The number of carbonyl (C=O) groups is 2. The van der Waals surface area contributed by atoms with E-state index in [-0.39, 0.29) is 5.56 Å². The summed E-state index contributed by atoms with van der Waals surface area (Å²) in [5, 5.41) is 4.97. The lowest BCUT2D eigenvalue weighted by molar-refractivity contribution is -0.123. The number of esters is 1. The van der Waals surface area contributed by atoms with Gasteiger partial charge in [0.1, 0.15) is 0 Å². The number of hydrogen-bond donors (Lipinski definition) is 1. The highest BCUT2D eigenvalue weighted by Gasteiger charge is 2.21. The van der Waals surface area contributed by atoms with Crippen LogP contribution in [0.4, 0.5) is 5.13 Å². The molecule has 1 atom stereocenters. The molecule has 0 fully saturated rings. The van der Waals surface area contributed by atoms with Crippen LogP contribution in [0.3, 0.4) is 0 Å². The number of carbonyl (C=O) groups excluding carboxylic acids is 2. The lowest BCUT2D eigenvalue weighted by atomic mass is 10.2. The molecule has 0 aliphatic carbocycles. The van der Waals surface area contributed by atoms with Crippen LogP contribution in [-0.2, 0) is 9.53 Å². The Morgan fingerprint density at radius 2 is 1.90 bits per heavy atom. The van der Waals surface area contributed by atoms with Crippen molar-refractivity contribution in [3.05, 3.63) is 59.5 Å². The number of methoxy groups -OCH3 is 1. The monoisotopic (exact) mass is 426 g/mol. The SMILES string of the molecule is CCOc1ccc(C(=O)OC(C)C(=O)Nc2nc(-c3ccccc3)cs2)cc1OC. The molecule has 0 saturated heterocycles. The van der Waals surface area contributed by atoms with E-state index in [1.807, 2.05) is 42.6 Å². The molecule has 2 aromatic carbocycles. The molecule has 7 nitrogen and oxygen atoms in total. The van der Waals surface area contributed by atoms with Crippen LogP contribution in [0.25, 0.3) is 11.3 Å². The molecule has 1 heterocycles. The summed E-state index contributed by atoms with van der Waals surface area (Å²) in [4.78, 5) is 29.3. The molecule has 0 bridgehead atoms. The molecule has 1 N–H and O–H groups in total. The molecule has 1 aromatic heterocycles. The molecule has 0 aliphatic heterocycles. The summed E-state index contributed by atoms with van der Waals surface area (Å²) in [6, 6.07) is 14.4. The van der Waals surface area contributed by atoms with Crippen molar-refractivity contribution in [2.75, 3.05) is 19.0 Å². The van der Waals surface area contributed by atoms with Crippen molar-refractivity contribution in [3.63, 3.8) is 0 Å². The maximum absolute atomic E-state index is 12.4. The van der Waals surface area contributed by atoms with E-state index in [0.29, 0.717) is 23.2 Å². The van der Waals surface area contributed by atoms with Gasteiger partial charge in [-0.2, -0.15) is 0 Å². The zero-order valence-electron chi connectivity index (χ0n) is 16.9. The van der Waals surface area contributed by atoms with Gasteiger partial charge in [-0.3, -0.25) is 10.1 Å². The van der Waals surface area contributed by atoms with Gasteiger partial charge in [0.15, 0.2) is 22.7 Å². The summed E-state index contributed by atoms with van der Waals surface area (Å²) in [6.45, 7) is 3.83. The van der Waals surface area contributed by atoms with E-state index >= 15 is 0 Å². The smallest absolute Gasteiger partial charge is 0.339 e. The second kappa shape index (κ2) is 9.89. The van der Waals surface area contributed by atoms with Gasteiger partial charge in [0.25, 0.3) is 5.91 Å². The van der Waals surface area contributed by atoms with E-state index in [1.54, 1.807) is 12.1 Å². The van der Waals surface area contributed by atoms with Crippen LogP contribution in [-0.4, -0.2) is 36.7 Å². The van der Waals surface area contributed by atoms with E-state index in [2.05, 4.69) is 10.3 Å². The Balaban J connectivity index is 1.61. The minimum Gasteiger partial charge on any atom is -0.493 e. The fraction of sp³-hybridized carbons (Fsp3) is 0.227. The molecule has 8 heteroatoms. The van der Waals surface area contributed by atoms with Crippen molar-refractivity contribution in [2.24, 2.45) is 0 Å². The molecular formula is C22H22N2O5S. The highest BCUT2D eigenvalue weighted by atomic mass is 32.1. The molecule has 30 heavy (non-hydrogen) atoms. The van der Waals surface area contributed by atoms with Gasteiger partial charge >= 0.3 is 5.97 Å². The first-order valence-corrected chi connectivity index (χ1v) is 10.2. The summed E-state index contributed by atoms with van der Waals surface area (Å²) in [5.41, 5.74) is 1.98. The van der Waals surface area contributed by atoms with Crippen molar-refractivity contribution < 1.29 is 23.8 Å². The van der Waals surface area contributed by atoms with Gasteiger partial charge < -0.3 is 14.2 Å². The van der Waals surface area contributed by atoms with Crippen molar-refractivity contribution in [1.82, 2.24) is 4.98 Å². The van der Waals surface area contributed by atoms with E-state index in [1.165, 1.54) is 31.4 Å².